The number of aryl methyl sites for hydroxylation is 1. The summed E-state index contributed by atoms with van der Waals surface area (Å²) in [7, 11) is 0. The molecule has 3 nitrogen and oxygen atoms in total. The minimum absolute atomic E-state index is 0.0550. The SMILES string of the molecule is CCOc1ccccc1CCCNC(=O)CSCc1c(F)cccc1Cl. The van der Waals surface area contributed by atoms with Gasteiger partial charge in [0.1, 0.15) is 11.6 Å². The summed E-state index contributed by atoms with van der Waals surface area (Å²) in [6.07, 6.45) is 1.67. The van der Waals surface area contributed by atoms with E-state index in [1.165, 1.54) is 17.8 Å². The van der Waals surface area contributed by atoms with Gasteiger partial charge in [-0.15, -0.1) is 11.8 Å². The smallest absolute Gasteiger partial charge is 0.230 e. The minimum Gasteiger partial charge on any atom is -0.494 e. The summed E-state index contributed by atoms with van der Waals surface area (Å²) in [4.78, 5) is 11.9. The van der Waals surface area contributed by atoms with Gasteiger partial charge in [-0.3, -0.25) is 4.79 Å². The number of hydrogen-bond donors (Lipinski definition) is 1. The first-order valence-electron chi connectivity index (χ1n) is 8.59. The van der Waals surface area contributed by atoms with Gasteiger partial charge in [-0.05, 0) is 43.5 Å². The van der Waals surface area contributed by atoms with Gasteiger partial charge in [0.2, 0.25) is 5.91 Å². The van der Waals surface area contributed by atoms with Crippen molar-refractivity contribution in [2.75, 3.05) is 18.9 Å². The van der Waals surface area contributed by atoms with Gasteiger partial charge in [0.05, 0.1) is 12.4 Å². The summed E-state index contributed by atoms with van der Waals surface area (Å²) < 4.78 is 19.3. The Morgan fingerprint density at radius 3 is 2.81 bits per heavy atom. The fraction of sp³-hybridized carbons (Fsp3) is 0.350. The van der Waals surface area contributed by atoms with E-state index in [-0.39, 0.29) is 17.5 Å². The first-order chi connectivity index (χ1) is 12.6. The molecule has 140 valence electrons. The molecule has 0 unspecified atom stereocenters. The Labute approximate surface area is 163 Å². The van der Waals surface area contributed by atoms with Gasteiger partial charge in [-0.2, -0.15) is 0 Å². The molecule has 1 N–H and O–H groups in total. The van der Waals surface area contributed by atoms with Crippen LogP contribution in [0.15, 0.2) is 42.5 Å². The van der Waals surface area contributed by atoms with Crippen molar-refractivity contribution >= 4 is 29.3 Å². The molecular formula is C20H23ClFNO2S. The van der Waals surface area contributed by atoms with Gasteiger partial charge >= 0.3 is 0 Å². The number of ether oxygens (including phenoxy) is 1. The number of carbonyl (C=O) groups is 1. The summed E-state index contributed by atoms with van der Waals surface area (Å²) in [6.45, 7) is 3.19. The van der Waals surface area contributed by atoms with E-state index in [1.807, 2.05) is 31.2 Å². The molecule has 0 bridgehead atoms. The highest BCUT2D eigenvalue weighted by molar-refractivity contribution is 7.99. The molecule has 1 amide bonds. The Morgan fingerprint density at radius 2 is 2.04 bits per heavy atom. The summed E-state index contributed by atoms with van der Waals surface area (Å²) in [5.41, 5.74) is 1.59. The summed E-state index contributed by atoms with van der Waals surface area (Å²) in [5.74, 6) is 1.17. The number of amides is 1. The second-order valence-corrected chi connectivity index (χ2v) is 7.08. The average molecular weight is 396 g/mol. The maximum Gasteiger partial charge on any atom is 0.230 e. The standard InChI is InChI=1S/C20H23ClFNO2S/c1-2-25-19-11-4-3-7-15(19)8-6-12-23-20(24)14-26-13-16-17(21)9-5-10-18(16)22/h3-5,7,9-11H,2,6,8,12-14H2,1H3,(H,23,24). The lowest BCUT2D eigenvalue weighted by Crippen LogP contribution is -2.26. The van der Waals surface area contributed by atoms with Crippen molar-refractivity contribution in [2.45, 2.75) is 25.5 Å². The zero-order valence-corrected chi connectivity index (χ0v) is 16.3. The fourth-order valence-corrected chi connectivity index (χ4v) is 3.68. The monoisotopic (exact) mass is 395 g/mol. The van der Waals surface area contributed by atoms with Gasteiger partial charge in [-0.1, -0.05) is 35.9 Å². The Kier molecular flexibility index (Phi) is 8.78. The van der Waals surface area contributed by atoms with E-state index in [0.717, 1.165) is 24.2 Å². The van der Waals surface area contributed by atoms with Crippen molar-refractivity contribution in [3.05, 3.63) is 64.4 Å². The molecule has 0 fully saturated rings. The summed E-state index contributed by atoms with van der Waals surface area (Å²) in [5, 5.41) is 3.29. The zero-order valence-electron chi connectivity index (χ0n) is 14.8. The Balaban J connectivity index is 1.67. The lowest BCUT2D eigenvalue weighted by Gasteiger charge is -2.10. The number of nitrogens with one attached hydrogen (secondary N) is 1. The third-order valence-electron chi connectivity index (χ3n) is 3.76. The molecule has 0 aromatic heterocycles. The Hall–Kier alpha value is -1.72. The maximum absolute atomic E-state index is 13.7. The van der Waals surface area contributed by atoms with E-state index < -0.39 is 0 Å². The predicted octanol–water partition coefficient (Wildman–Crippen LogP) is 4.86. The van der Waals surface area contributed by atoms with Crippen LogP contribution in [0.3, 0.4) is 0 Å². The second-order valence-electron chi connectivity index (χ2n) is 5.69. The van der Waals surface area contributed by atoms with Crippen molar-refractivity contribution in [3.63, 3.8) is 0 Å². The first-order valence-corrected chi connectivity index (χ1v) is 10.1. The van der Waals surface area contributed by atoms with Crippen LogP contribution in [0.5, 0.6) is 5.75 Å². The van der Waals surface area contributed by atoms with Gasteiger partial charge in [0.25, 0.3) is 0 Å². The Morgan fingerprint density at radius 1 is 1.23 bits per heavy atom. The van der Waals surface area contributed by atoms with E-state index >= 15 is 0 Å². The number of benzene rings is 2. The molecule has 0 aliphatic heterocycles. The van der Waals surface area contributed by atoms with Gasteiger partial charge in [0.15, 0.2) is 0 Å². The largest absolute Gasteiger partial charge is 0.494 e. The molecule has 26 heavy (non-hydrogen) atoms. The molecule has 0 saturated heterocycles. The maximum atomic E-state index is 13.7. The molecular weight excluding hydrogens is 373 g/mol. The number of thioether (sulfide) groups is 1. The van der Waals surface area contributed by atoms with Gasteiger partial charge in [-0.25, -0.2) is 4.39 Å². The van der Waals surface area contributed by atoms with E-state index in [9.17, 15) is 9.18 Å². The molecule has 2 rings (SSSR count). The number of rotatable bonds is 10. The topological polar surface area (TPSA) is 38.3 Å². The van der Waals surface area contributed by atoms with Crippen LogP contribution in [0.4, 0.5) is 4.39 Å². The molecule has 2 aromatic rings. The molecule has 2 aromatic carbocycles. The second kappa shape index (κ2) is 11.1. The van der Waals surface area contributed by atoms with Crippen molar-refractivity contribution in [1.82, 2.24) is 5.32 Å². The number of carbonyl (C=O) groups excluding carboxylic acids is 1. The third kappa shape index (κ3) is 6.54. The minimum atomic E-state index is -0.335. The lowest BCUT2D eigenvalue weighted by atomic mass is 10.1. The highest BCUT2D eigenvalue weighted by Crippen LogP contribution is 2.23. The predicted molar refractivity (Wildman–Crippen MR) is 107 cm³/mol. The van der Waals surface area contributed by atoms with Crippen LogP contribution in [-0.2, 0) is 17.0 Å². The lowest BCUT2D eigenvalue weighted by molar-refractivity contribution is -0.118. The third-order valence-corrected chi connectivity index (χ3v) is 5.07. The highest BCUT2D eigenvalue weighted by Gasteiger charge is 2.09. The van der Waals surface area contributed by atoms with Crippen LogP contribution in [-0.4, -0.2) is 24.8 Å². The highest BCUT2D eigenvalue weighted by atomic mass is 35.5. The molecule has 0 radical (unpaired) electrons. The van der Waals surface area contributed by atoms with Crippen LogP contribution in [0.25, 0.3) is 0 Å². The van der Waals surface area contributed by atoms with E-state index in [4.69, 9.17) is 16.3 Å². The molecule has 0 aliphatic carbocycles. The normalized spacial score (nSPS) is 10.6. The number of para-hydroxylation sites is 1. The Bertz CT molecular complexity index is 706. The van der Waals surface area contributed by atoms with Crippen LogP contribution in [0.2, 0.25) is 5.02 Å². The molecule has 0 saturated carbocycles. The first kappa shape index (κ1) is 20.6. The van der Waals surface area contributed by atoms with Gasteiger partial charge < -0.3 is 10.1 Å². The van der Waals surface area contributed by atoms with Crippen LogP contribution in [0, 0.1) is 5.82 Å². The molecule has 0 atom stereocenters. The molecule has 0 spiro atoms. The number of halogens is 2. The average Bonchev–Trinajstić information content (AvgIpc) is 2.63. The van der Waals surface area contributed by atoms with Crippen LogP contribution in [0.1, 0.15) is 24.5 Å². The quantitative estimate of drug-likeness (QED) is 0.584. The molecule has 0 aliphatic rings. The van der Waals surface area contributed by atoms with E-state index in [0.29, 0.717) is 29.5 Å². The van der Waals surface area contributed by atoms with Crippen LogP contribution < -0.4 is 10.1 Å². The molecule has 6 heteroatoms. The van der Waals surface area contributed by atoms with Crippen molar-refractivity contribution < 1.29 is 13.9 Å². The van der Waals surface area contributed by atoms with E-state index in [2.05, 4.69) is 5.32 Å². The summed E-state index contributed by atoms with van der Waals surface area (Å²) in [6, 6.07) is 12.5. The molecule has 0 heterocycles. The van der Waals surface area contributed by atoms with Crippen molar-refractivity contribution in [1.29, 1.82) is 0 Å². The number of hydrogen-bond acceptors (Lipinski definition) is 3. The fourth-order valence-electron chi connectivity index (χ4n) is 2.48. The van der Waals surface area contributed by atoms with Crippen molar-refractivity contribution in [2.24, 2.45) is 0 Å². The zero-order chi connectivity index (χ0) is 18.8. The van der Waals surface area contributed by atoms with Crippen LogP contribution >= 0.6 is 23.4 Å². The summed E-state index contributed by atoms with van der Waals surface area (Å²) >= 11 is 7.33. The van der Waals surface area contributed by atoms with Crippen molar-refractivity contribution in [3.8, 4) is 5.75 Å². The van der Waals surface area contributed by atoms with E-state index in [1.54, 1.807) is 12.1 Å². The van der Waals surface area contributed by atoms with Gasteiger partial charge in [0, 0.05) is 22.9 Å².